The summed E-state index contributed by atoms with van der Waals surface area (Å²) in [6, 6.07) is 0.961. The highest BCUT2D eigenvalue weighted by atomic mass is 19.1. The fourth-order valence-corrected chi connectivity index (χ4v) is 4.96. The molecule has 2 bridgehead atoms. The van der Waals surface area contributed by atoms with Gasteiger partial charge in [0.05, 0.1) is 13.0 Å². The molecule has 1 saturated carbocycles. The van der Waals surface area contributed by atoms with E-state index in [4.69, 9.17) is 4.74 Å². The molecule has 1 aliphatic carbocycles. The fourth-order valence-electron chi connectivity index (χ4n) is 4.96. The van der Waals surface area contributed by atoms with Gasteiger partial charge in [0.2, 0.25) is 0 Å². The first kappa shape index (κ1) is 14.3. The van der Waals surface area contributed by atoms with Gasteiger partial charge in [-0.3, -0.25) is 9.69 Å². The molecule has 0 amide bonds. The zero-order chi connectivity index (χ0) is 14.3. The van der Waals surface area contributed by atoms with Crippen LogP contribution in [0.2, 0.25) is 0 Å². The number of carbonyl (C=O) groups excluding carboxylic acids is 1. The zero-order valence-corrected chi connectivity index (χ0v) is 12.6. The summed E-state index contributed by atoms with van der Waals surface area (Å²) in [7, 11) is 3.64. The van der Waals surface area contributed by atoms with Crippen LogP contribution in [0, 0.1) is 17.8 Å². The Morgan fingerprint density at radius 2 is 1.85 bits per heavy atom. The summed E-state index contributed by atoms with van der Waals surface area (Å²) in [4.78, 5) is 14.7. The van der Waals surface area contributed by atoms with E-state index in [1.807, 2.05) is 0 Å². The third-order valence-electron chi connectivity index (χ3n) is 6.10. The smallest absolute Gasteiger partial charge is 0.310 e. The van der Waals surface area contributed by atoms with Crippen LogP contribution in [0.25, 0.3) is 0 Å². The fraction of sp³-hybridized carbons (Fsp3) is 0.938. The minimum Gasteiger partial charge on any atom is -0.469 e. The van der Waals surface area contributed by atoms with E-state index in [0.717, 1.165) is 25.7 Å². The molecule has 1 unspecified atom stereocenters. The maximum atomic E-state index is 13.4. The van der Waals surface area contributed by atoms with Gasteiger partial charge in [-0.2, -0.15) is 0 Å². The number of alkyl halides is 1. The molecule has 3 aliphatic rings. The van der Waals surface area contributed by atoms with Crippen LogP contribution in [0.4, 0.5) is 4.39 Å². The molecule has 3 rings (SSSR count). The average Bonchev–Trinajstić information content (AvgIpc) is 2.70. The van der Waals surface area contributed by atoms with Crippen molar-refractivity contribution < 1.29 is 13.9 Å². The van der Waals surface area contributed by atoms with E-state index in [1.54, 1.807) is 0 Å². The Kier molecular flexibility index (Phi) is 4.02. The van der Waals surface area contributed by atoms with E-state index in [-0.39, 0.29) is 11.9 Å². The quantitative estimate of drug-likeness (QED) is 0.730. The Balaban J connectivity index is 1.79. The molecule has 2 aliphatic heterocycles. The number of methoxy groups -OCH3 is 1. The predicted molar refractivity (Wildman–Crippen MR) is 75.0 cm³/mol. The molecular weight excluding hydrogens is 257 g/mol. The lowest BCUT2D eigenvalue weighted by Gasteiger charge is -2.45. The highest BCUT2D eigenvalue weighted by Gasteiger charge is 2.51. The average molecular weight is 283 g/mol. The normalized spacial score (nSPS) is 45.4. The summed E-state index contributed by atoms with van der Waals surface area (Å²) in [6.07, 6.45) is 6.03. The molecule has 3 fully saturated rings. The van der Waals surface area contributed by atoms with E-state index < -0.39 is 6.17 Å². The van der Waals surface area contributed by atoms with Crippen molar-refractivity contribution in [2.45, 2.75) is 63.2 Å². The number of nitrogens with zero attached hydrogens (tertiary/aromatic N) is 1. The maximum absolute atomic E-state index is 13.4. The molecule has 0 N–H and O–H groups in total. The number of carbonyl (C=O) groups is 1. The van der Waals surface area contributed by atoms with Crippen molar-refractivity contribution in [2.75, 3.05) is 14.2 Å². The minimum atomic E-state index is -0.620. The van der Waals surface area contributed by atoms with Crippen LogP contribution in [0.1, 0.15) is 44.9 Å². The number of hydrogen-bond donors (Lipinski definition) is 0. The summed E-state index contributed by atoms with van der Waals surface area (Å²) < 4.78 is 18.5. The monoisotopic (exact) mass is 283 g/mol. The molecule has 0 spiro atoms. The summed E-state index contributed by atoms with van der Waals surface area (Å²) in [6.45, 7) is 0. The van der Waals surface area contributed by atoms with Crippen molar-refractivity contribution in [3.8, 4) is 0 Å². The standard InChI is InChI=1S/C16H26FNO2/c1-18-12-7-8-14(18)15(16(19)20-2)13(9-12)10-3-5-11(17)6-4-10/h10-15H,3-9H2,1-2H3/t10?,11?,12-,13-,14?,15+/m1/s1. The number of fused-ring (bicyclic) bond motifs is 2. The number of piperidine rings is 1. The first-order valence-corrected chi connectivity index (χ1v) is 8.05. The van der Waals surface area contributed by atoms with Gasteiger partial charge >= 0.3 is 5.97 Å². The number of halogens is 1. The van der Waals surface area contributed by atoms with E-state index in [0.29, 0.717) is 36.8 Å². The Hall–Kier alpha value is -0.640. The van der Waals surface area contributed by atoms with Crippen LogP contribution in [-0.4, -0.2) is 43.3 Å². The molecule has 0 aromatic heterocycles. The summed E-state index contributed by atoms with van der Waals surface area (Å²) in [5, 5.41) is 0. The molecule has 20 heavy (non-hydrogen) atoms. The van der Waals surface area contributed by atoms with Gasteiger partial charge in [-0.15, -0.1) is 0 Å². The lowest BCUT2D eigenvalue weighted by molar-refractivity contribution is -0.154. The molecule has 3 nitrogen and oxygen atoms in total. The SMILES string of the molecule is COC(=O)[C@@H]1C2CC[C@H](C[C@@H]1C1CCC(F)CC1)N2C. The molecule has 0 aromatic rings. The highest BCUT2D eigenvalue weighted by molar-refractivity contribution is 5.74. The van der Waals surface area contributed by atoms with Crippen LogP contribution in [-0.2, 0) is 9.53 Å². The second-order valence-corrected chi connectivity index (χ2v) is 6.92. The van der Waals surface area contributed by atoms with Crippen LogP contribution in [0.5, 0.6) is 0 Å². The lowest BCUT2D eigenvalue weighted by Crippen LogP contribution is -2.52. The van der Waals surface area contributed by atoms with Gasteiger partial charge in [-0.05, 0) is 63.8 Å². The molecule has 4 atom stereocenters. The molecular formula is C16H26FNO2. The van der Waals surface area contributed by atoms with E-state index >= 15 is 0 Å². The Morgan fingerprint density at radius 3 is 2.50 bits per heavy atom. The number of ether oxygens (including phenoxy) is 1. The van der Waals surface area contributed by atoms with E-state index in [1.165, 1.54) is 13.5 Å². The third kappa shape index (κ3) is 2.36. The third-order valence-corrected chi connectivity index (χ3v) is 6.10. The van der Waals surface area contributed by atoms with Crippen molar-refractivity contribution in [2.24, 2.45) is 17.8 Å². The predicted octanol–water partition coefficient (Wildman–Crippen LogP) is 2.79. The first-order chi connectivity index (χ1) is 9.61. The van der Waals surface area contributed by atoms with Crippen molar-refractivity contribution in [3.63, 3.8) is 0 Å². The Morgan fingerprint density at radius 1 is 1.15 bits per heavy atom. The topological polar surface area (TPSA) is 29.5 Å². The Labute approximate surface area is 120 Å². The first-order valence-electron chi connectivity index (χ1n) is 8.05. The summed E-state index contributed by atoms with van der Waals surface area (Å²) in [5.41, 5.74) is 0. The van der Waals surface area contributed by atoms with Crippen LogP contribution in [0.15, 0.2) is 0 Å². The summed E-state index contributed by atoms with van der Waals surface area (Å²) in [5.74, 6) is 0.881. The van der Waals surface area contributed by atoms with Crippen molar-refractivity contribution in [3.05, 3.63) is 0 Å². The highest BCUT2D eigenvalue weighted by Crippen LogP contribution is 2.48. The lowest BCUT2D eigenvalue weighted by atomic mass is 9.68. The van der Waals surface area contributed by atoms with Gasteiger partial charge in [0, 0.05) is 12.1 Å². The molecule has 0 radical (unpaired) electrons. The van der Waals surface area contributed by atoms with Crippen molar-refractivity contribution in [1.82, 2.24) is 4.90 Å². The van der Waals surface area contributed by atoms with Crippen molar-refractivity contribution >= 4 is 5.97 Å². The zero-order valence-electron chi connectivity index (χ0n) is 12.6. The van der Waals surface area contributed by atoms with Gasteiger partial charge in [0.15, 0.2) is 0 Å². The van der Waals surface area contributed by atoms with E-state index in [2.05, 4.69) is 11.9 Å². The van der Waals surface area contributed by atoms with Gasteiger partial charge in [-0.1, -0.05) is 0 Å². The van der Waals surface area contributed by atoms with Crippen LogP contribution < -0.4 is 0 Å². The van der Waals surface area contributed by atoms with Crippen LogP contribution >= 0.6 is 0 Å². The maximum Gasteiger partial charge on any atom is 0.310 e. The second-order valence-electron chi connectivity index (χ2n) is 6.92. The van der Waals surface area contributed by atoms with Gasteiger partial charge in [0.25, 0.3) is 0 Å². The summed E-state index contributed by atoms with van der Waals surface area (Å²) >= 11 is 0. The Bertz CT molecular complexity index is 367. The molecule has 0 aromatic carbocycles. The minimum absolute atomic E-state index is 0.00455. The number of esters is 1. The van der Waals surface area contributed by atoms with E-state index in [9.17, 15) is 9.18 Å². The van der Waals surface area contributed by atoms with Gasteiger partial charge in [0.1, 0.15) is 6.17 Å². The van der Waals surface area contributed by atoms with Crippen molar-refractivity contribution in [1.29, 1.82) is 0 Å². The van der Waals surface area contributed by atoms with Gasteiger partial charge in [-0.25, -0.2) is 4.39 Å². The molecule has 114 valence electrons. The van der Waals surface area contributed by atoms with Gasteiger partial charge < -0.3 is 4.74 Å². The van der Waals surface area contributed by atoms with Crippen LogP contribution in [0.3, 0.4) is 0 Å². The second kappa shape index (κ2) is 5.63. The number of hydrogen-bond acceptors (Lipinski definition) is 3. The largest absolute Gasteiger partial charge is 0.469 e. The number of rotatable bonds is 2. The molecule has 2 heterocycles. The molecule has 2 saturated heterocycles. The molecule has 4 heteroatoms.